The normalized spacial score (nSPS) is 11.7. The van der Waals surface area contributed by atoms with Crippen LogP contribution in [0.3, 0.4) is 0 Å². The third kappa shape index (κ3) is 13.0. The van der Waals surface area contributed by atoms with Crippen molar-refractivity contribution in [1.29, 1.82) is 0 Å². The predicted molar refractivity (Wildman–Crippen MR) is 234 cm³/mol. The quantitative estimate of drug-likeness (QED) is 0.0854. The smallest absolute Gasteiger partial charge is 0.324 e. The van der Waals surface area contributed by atoms with Crippen molar-refractivity contribution in [3.8, 4) is 0 Å². The molecule has 6 aromatic carbocycles. The lowest BCUT2D eigenvalue weighted by atomic mass is 9.73. The average molecular weight is 793 g/mol. The molecule has 0 fully saturated rings. The highest BCUT2D eigenvalue weighted by molar-refractivity contribution is 7.38. The van der Waals surface area contributed by atoms with Gasteiger partial charge in [-0.25, -0.2) is 0 Å². The molecule has 0 heterocycles. The average Bonchev–Trinajstić information content (AvgIpc) is 3.19. The minimum Gasteiger partial charge on any atom is -0.328 e. The summed E-state index contributed by atoms with van der Waals surface area (Å²) < 4.78 is 0. The summed E-state index contributed by atoms with van der Waals surface area (Å²) in [7, 11) is -5.24. The van der Waals surface area contributed by atoms with E-state index in [1.54, 1.807) is 0 Å². The van der Waals surface area contributed by atoms with Gasteiger partial charge in [-0.2, -0.15) is 0 Å². The maximum absolute atomic E-state index is 7.23. The van der Waals surface area contributed by atoms with Gasteiger partial charge in [-0.3, -0.25) is 0 Å². The zero-order valence-electron chi connectivity index (χ0n) is 33.7. The van der Waals surface area contributed by atoms with E-state index < -0.39 is 17.2 Å². The molecule has 0 bridgehead atoms. The van der Waals surface area contributed by atoms with Crippen LogP contribution in [0.25, 0.3) is 0 Å². The zero-order valence-corrected chi connectivity index (χ0v) is 35.5. The Balaban J connectivity index is 0.000000252. The van der Waals surface area contributed by atoms with Crippen LogP contribution in [-0.4, -0.2) is 29.4 Å². The fraction of sp³-hybridized carbons (Fsp3) is 0.250. The Bertz CT molecular complexity index is 1730. The molecule has 6 nitrogen and oxygen atoms in total. The fourth-order valence-corrected chi connectivity index (χ4v) is 6.68. The van der Waals surface area contributed by atoms with Crippen LogP contribution in [0, 0.1) is 0 Å². The highest BCUT2D eigenvalue weighted by Crippen LogP contribution is 2.38. The Morgan fingerprint density at radius 1 is 0.250 bits per heavy atom. The number of hydrogen-bond acceptors (Lipinski definition) is 6. The molecule has 6 rings (SSSR count). The first-order chi connectivity index (χ1) is 26.3. The van der Waals surface area contributed by atoms with Crippen molar-refractivity contribution in [2.45, 2.75) is 77.0 Å². The van der Waals surface area contributed by atoms with Crippen LogP contribution in [0.5, 0.6) is 0 Å². The summed E-state index contributed by atoms with van der Waals surface area (Å²) in [6, 6.07) is 61.1. The summed E-state index contributed by atoms with van der Waals surface area (Å²) in [5.74, 6) is 0. The number of rotatable bonds is 8. The molecule has 56 heavy (non-hydrogen) atoms. The molecule has 0 saturated carbocycles. The fourth-order valence-electron chi connectivity index (χ4n) is 6.68. The first-order valence-corrected chi connectivity index (χ1v) is 20.9. The van der Waals surface area contributed by atoms with Crippen LogP contribution in [0.4, 0.5) is 0 Å². The Morgan fingerprint density at radius 3 is 0.554 bits per heavy atom. The minimum absolute atomic E-state index is 0.00988. The van der Waals surface area contributed by atoms with E-state index in [4.69, 9.17) is 29.4 Å². The van der Waals surface area contributed by atoms with Crippen LogP contribution in [0.15, 0.2) is 170 Å². The molecule has 0 aliphatic carbocycles. The van der Waals surface area contributed by atoms with Crippen LogP contribution in [-0.2, 0) is 21.7 Å². The molecule has 0 radical (unpaired) electrons. The minimum atomic E-state index is -2.62. The Morgan fingerprint density at radius 2 is 0.393 bits per heavy atom. The summed E-state index contributed by atoms with van der Waals surface area (Å²) in [5, 5.41) is 0. The molecule has 0 unspecified atom stereocenters. The third-order valence-corrected chi connectivity index (χ3v) is 10.6. The topological polar surface area (TPSA) is 121 Å². The molecular formula is C48H58O6P2. The molecule has 0 aliphatic heterocycles. The van der Waals surface area contributed by atoms with E-state index in [2.05, 4.69) is 225 Å². The van der Waals surface area contributed by atoms with Gasteiger partial charge < -0.3 is 29.4 Å². The lowest BCUT2D eigenvalue weighted by molar-refractivity contribution is 0.366. The lowest BCUT2D eigenvalue weighted by Gasteiger charge is -2.30. The van der Waals surface area contributed by atoms with E-state index in [9.17, 15) is 0 Å². The van der Waals surface area contributed by atoms with Gasteiger partial charge in [0.15, 0.2) is 0 Å². The largest absolute Gasteiger partial charge is 0.328 e. The highest BCUT2D eigenvalue weighted by Gasteiger charge is 2.29. The van der Waals surface area contributed by atoms with Gasteiger partial charge in [-0.1, -0.05) is 225 Å². The zero-order chi connectivity index (χ0) is 41.6. The van der Waals surface area contributed by atoms with Crippen LogP contribution < -0.4 is 0 Å². The van der Waals surface area contributed by atoms with Gasteiger partial charge in [-0.15, -0.1) is 0 Å². The van der Waals surface area contributed by atoms with E-state index in [0.717, 1.165) is 0 Å². The van der Waals surface area contributed by atoms with Gasteiger partial charge in [0.25, 0.3) is 0 Å². The summed E-state index contributed by atoms with van der Waals surface area (Å²) in [4.78, 5) is 43.4. The van der Waals surface area contributed by atoms with Crippen LogP contribution in [0.1, 0.15) is 99.9 Å². The van der Waals surface area contributed by atoms with Crippen molar-refractivity contribution in [1.82, 2.24) is 0 Å². The molecule has 6 aromatic rings. The first-order valence-electron chi connectivity index (χ1n) is 18.5. The number of hydrogen-bond donors (Lipinski definition) is 6. The van der Waals surface area contributed by atoms with E-state index in [1.807, 2.05) is 0 Å². The molecule has 296 valence electrons. The van der Waals surface area contributed by atoms with Gasteiger partial charge in [-0.05, 0) is 44.5 Å². The Hall–Kier alpha value is -4.06. The van der Waals surface area contributed by atoms with Gasteiger partial charge in [0.2, 0.25) is 0 Å². The van der Waals surface area contributed by atoms with Crippen molar-refractivity contribution in [3.05, 3.63) is 214 Å². The van der Waals surface area contributed by atoms with Gasteiger partial charge in [0, 0.05) is 21.7 Å². The standard InChI is InChI=1S/2C24H26.2H3O3P/c2*1-23(2,19-12-7-5-8-13-19)21-16-11-17-22(18-21)24(3,4)20-14-9-6-10-15-20;2*1-4(2)3/h2*5-18H,1-4H3;2*1-3H. The monoisotopic (exact) mass is 792 g/mol. The molecule has 0 aromatic heterocycles. The molecular weight excluding hydrogens is 734 g/mol. The van der Waals surface area contributed by atoms with Crippen molar-refractivity contribution in [2.24, 2.45) is 0 Å². The molecule has 0 spiro atoms. The summed E-state index contributed by atoms with van der Waals surface area (Å²) in [5.41, 5.74) is 10.8. The van der Waals surface area contributed by atoms with E-state index in [0.29, 0.717) is 0 Å². The van der Waals surface area contributed by atoms with Crippen molar-refractivity contribution in [3.63, 3.8) is 0 Å². The Labute approximate surface area is 336 Å². The second kappa shape index (κ2) is 20.9. The lowest BCUT2D eigenvalue weighted by Crippen LogP contribution is -2.22. The maximum Gasteiger partial charge on any atom is 0.324 e. The summed E-state index contributed by atoms with van der Waals surface area (Å²) in [6.07, 6.45) is 0. The van der Waals surface area contributed by atoms with E-state index in [-0.39, 0.29) is 21.7 Å². The highest BCUT2D eigenvalue weighted by atomic mass is 31.2. The molecule has 0 aliphatic rings. The van der Waals surface area contributed by atoms with Crippen LogP contribution >= 0.6 is 17.2 Å². The van der Waals surface area contributed by atoms with Gasteiger partial charge in [0.05, 0.1) is 0 Å². The summed E-state index contributed by atoms with van der Waals surface area (Å²) >= 11 is 0. The van der Waals surface area contributed by atoms with Gasteiger partial charge in [0.1, 0.15) is 0 Å². The molecule has 0 atom stereocenters. The SMILES string of the molecule is CC(C)(c1ccccc1)c1cccc(C(C)(C)c2ccccc2)c1.CC(C)(c1ccccc1)c1cccc(C(C)(C)c2ccccc2)c1.OP(O)O.OP(O)O. The summed E-state index contributed by atoms with van der Waals surface area (Å²) in [6.45, 7) is 18.4. The first kappa shape index (κ1) is 46.3. The predicted octanol–water partition coefficient (Wildman–Crippen LogP) is 11.1. The number of benzene rings is 6. The Kier molecular flexibility index (Phi) is 17.3. The molecule has 0 saturated heterocycles. The van der Waals surface area contributed by atoms with Crippen molar-refractivity contribution in [2.75, 3.05) is 0 Å². The van der Waals surface area contributed by atoms with Gasteiger partial charge >= 0.3 is 17.2 Å². The third-order valence-electron chi connectivity index (χ3n) is 10.6. The second-order valence-electron chi connectivity index (χ2n) is 15.7. The molecule has 0 amide bonds. The molecule has 8 heteroatoms. The van der Waals surface area contributed by atoms with E-state index in [1.165, 1.54) is 44.5 Å². The second-order valence-corrected chi connectivity index (χ2v) is 16.7. The van der Waals surface area contributed by atoms with E-state index >= 15 is 0 Å². The van der Waals surface area contributed by atoms with Crippen LogP contribution in [0.2, 0.25) is 0 Å². The van der Waals surface area contributed by atoms with Crippen molar-refractivity contribution >= 4 is 17.2 Å². The maximum atomic E-state index is 7.23. The molecule has 6 N–H and O–H groups in total. The van der Waals surface area contributed by atoms with Crippen molar-refractivity contribution < 1.29 is 29.4 Å².